The number of imidazole rings is 1. The Kier molecular flexibility index (Phi) is 5.43. The molecule has 0 unspecified atom stereocenters. The summed E-state index contributed by atoms with van der Waals surface area (Å²) >= 11 is 1.43. The summed E-state index contributed by atoms with van der Waals surface area (Å²) in [4.78, 5) is 18.6. The van der Waals surface area contributed by atoms with Gasteiger partial charge in [-0.2, -0.15) is 0 Å². The molecular weight excluding hydrogens is 454 g/mol. The average Bonchev–Trinajstić information content (AvgIpc) is 3.52. The molecule has 3 aromatic carbocycles. The van der Waals surface area contributed by atoms with Crippen LogP contribution >= 0.6 is 11.3 Å². The molecule has 0 aliphatic carbocycles. The molecule has 3 heterocycles. The standard InChI is InChI=1S/C29H23N3O2S/c1-2-9-20-10-3-8-15-26(20)34-17-16-31-19-21(22-11-4-6-13-24(22)31)18-27-28(33)32-25-14-7-5-12-23(25)30-29(32)35-27/h2-8,10-15,18-19H,1,9,16-17H2. The molecule has 6 aromatic rings. The van der Waals surface area contributed by atoms with Gasteiger partial charge in [0.1, 0.15) is 12.4 Å². The third-order valence-corrected chi connectivity index (χ3v) is 7.15. The maximum absolute atomic E-state index is 13.2. The quantitative estimate of drug-likeness (QED) is 0.296. The molecular formula is C29H23N3O2S. The van der Waals surface area contributed by atoms with Crippen LogP contribution in [0.1, 0.15) is 11.1 Å². The topological polar surface area (TPSA) is 48.5 Å². The summed E-state index contributed by atoms with van der Waals surface area (Å²) < 4.78 is 10.7. The Morgan fingerprint density at radius 2 is 1.74 bits per heavy atom. The van der Waals surface area contributed by atoms with Gasteiger partial charge in [-0.1, -0.05) is 65.9 Å². The summed E-state index contributed by atoms with van der Waals surface area (Å²) in [6, 6.07) is 24.1. The molecule has 5 nitrogen and oxygen atoms in total. The number of fused-ring (bicyclic) bond motifs is 4. The van der Waals surface area contributed by atoms with E-state index in [9.17, 15) is 4.79 Å². The van der Waals surface area contributed by atoms with Gasteiger partial charge >= 0.3 is 0 Å². The Bertz CT molecular complexity index is 1810. The monoisotopic (exact) mass is 477 g/mol. The molecule has 0 atom stereocenters. The Balaban J connectivity index is 1.35. The van der Waals surface area contributed by atoms with Gasteiger partial charge in [0.25, 0.3) is 5.56 Å². The zero-order valence-corrected chi connectivity index (χ0v) is 19.9. The maximum atomic E-state index is 13.2. The van der Waals surface area contributed by atoms with Crippen LogP contribution in [0.4, 0.5) is 0 Å². The minimum atomic E-state index is -0.0299. The number of ether oxygens (including phenoxy) is 1. The maximum Gasteiger partial charge on any atom is 0.274 e. The van der Waals surface area contributed by atoms with Gasteiger partial charge in [-0.3, -0.25) is 4.79 Å². The van der Waals surface area contributed by atoms with Crippen LogP contribution in [0, 0.1) is 0 Å². The molecule has 172 valence electrons. The summed E-state index contributed by atoms with van der Waals surface area (Å²) in [5.74, 6) is 0.890. The minimum absolute atomic E-state index is 0.0299. The Morgan fingerprint density at radius 3 is 2.63 bits per heavy atom. The van der Waals surface area contributed by atoms with Crippen molar-refractivity contribution >= 4 is 44.3 Å². The summed E-state index contributed by atoms with van der Waals surface area (Å²) in [7, 11) is 0. The molecule has 0 saturated heterocycles. The van der Waals surface area contributed by atoms with Crippen LogP contribution in [-0.4, -0.2) is 20.6 Å². The molecule has 35 heavy (non-hydrogen) atoms. The van der Waals surface area contributed by atoms with Crippen LogP contribution in [0.2, 0.25) is 0 Å². The first kappa shape index (κ1) is 21.4. The van der Waals surface area contributed by atoms with E-state index in [1.54, 1.807) is 4.40 Å². The van der Waals surface area contributed by atoms with E-state index in [0.717, 1.165) is 50.2 Å². The molecule has 0 radical (unpaired) electrons. The van der Waals surface area contributed by atoms with E-state index in [-0.39, 0.29) is 5.56 Å². The van der Waals surface area contributed by atoms with E-state index in [1.807, 2.05) is 66.7 Å². The molecule has 0 N–H and O–H groups in total. The second-order valence-electron chi connectivity index (χ2n) is 8.38. The molecule has 0 bridgehead atoms. The van der Waals surface area contributed by atoms with Crippen molar-refractivity contribution in [2.45, 2.75) is 13.0 Å². The Labute approximate surface area is 205 Å². The molecule has 0 aliphatic rings. The molecule has 3 aromatic heterocycles. The van der Waals surface area contributed by atoms with E-state index in [4.69, 9.17) is 4.74 Å². The predicted octanol–water partition coefficient (Wildman–Crippen LogP) is 5.22. The van der Waals surface area contributed by atoms with Crippen LogP contribution in [0.5, 0.6) is 5.75 Å². The number of hydrogen-bond acceptors (Lipinski definition) is 4. The van der Waals surface area contributed by atoms with Crippen LogP contribution in [0.3, 0.4) is 0 Å². The molecule has 6 heteroatoms. The van der Waals surface area contributed by atoms with Crippen LogP contribution < -0.4 is 14.8 Å². The van der Waals surface area contributed by atoms with Crippen molar-refractivity contribution in [3.8, 4) is 5.75 Å². The lowest BCUT2D eigenvalue weighted by atomic mass is 10.1. The highest BCUT2D eigenvalue weighted by Crippen LogP contribution is 2.23. The zero-order chi connectivity index (χ0) is 23.8. The zero-order valence-electron chi connectivity index (χ0n) is 19.1. The molecule has 0 fully saturated rings. The number of nitrogens with zero attached hydrogens (tertiary/aromatic N) is 3. The number of benzene rings is 3. The van der Waals surface area contributed by atoms with Crippen molar-refractivity contribution in [2.24, 2.45) is 0 Å². The van der Waals surface area contributed by atoms with Gasteiger partial charge < -0.3 is 9.30 Å². The predicted molar refractivity (Wildman–Crippen MR) is 143 cm³/mol. The Hall–Kier alpha value is -4.16. The van der Waals surface area contributed by atoms with Gasteiger partial charge in [0, 0.05) is 22.7 Å². The van der Waals surface area contributed by atoms with Crippen molar-refractivity contribution < 1.29 is 4.74 Å². The first-order valence-electron chi connectivity index (χ1n) is 11.5. The lowest BCUT2D eigenvalue weighted by Gasteiger charge is -2.11. The van der Waals surface area contributed by atoms with Gasteiger partial charge in [-0.05, 0) is 42.3 Å². The summed E-state index contributed by atoms with van der Waals surface area (Å²) in [6.07, 6.45) is 6.75. The van der Waals surface area contributed by atoms with E-state index in [0.29, 0.717) is 17.7 Å². The number of hydrogen-bond donors (Lipinski definition) is 0. The van der Waals surface area contributed by atoms with E-state index in [1.165, 1.54) is 11.3 Å². The molecule has 0 spiro atoms. The molecule has 0 saturated carbocycles. The SMILES string of the molecule is C=CCc1ccccc1OCCn1cc(C=c2sc3nc4ccccc4n3c2=O)c2ccccc21. The van der Waals surface area contributed by atoms with Crippen molar-refractivity contribution in [1.82, 2.24) is 14.0 Å². The first-order chi connectivity index (χ1) is 17.2. The molecule has 6 rings (SSSR count). The summed E-state index contributed by atoms with van der Waals surface area (Å²) in [5, 5.41) is 1.11. The Morgan fingerprint density at radius 1 is 0.971 bits per heavy atom. The number of allylic oxidation sites excluding steroid dienone is 1. The van der Waals surface area contributed by atoms with Gasteiger partial charge in [-0.25, -0.2) is 9.38 Å². The van der Waals surface area contributed by atoms with Crippen molar-refractivity contribution in [2.75, 3.05) is 6.61 Å². The third-order valence-electron chi connectivity index (χ3n) is 6.18. The summed E-state index contributed by atoms with van der Waals surface area (Å²) in [5.41, 5.74) is 4.91. The van der Waals surface area contributed by atoms with Gasteiger partial charge in [0.05, 0.1) is 22.1 Å². The fraction of sp³-hybridized carbons (Fsp3) is 0.103. The first-order valence-corrected chi connectivity index (χ1v) is 12.4. The highest BCUT2D eigenvalue weighted by molar-refractivity contribution is 7.15. The smallest absolute Gasteiger partial charge is 0.274 e. The largest absolute Gasteiger partial charge is 0.491 e. The second-order valence-corrected chi connectivity index (χ2v) is 9.39. The fourth-order valence-corrected chi connectivity index (χ4v) is 5.53. The highest BCUT2D eigenvalue weighted by atomic mass is 32.1. The number of rotatable bonds is 7. The van der Waals surface area contributed by atoms with Crippen molar-refractivity contribution in [3.63, 3.8) is 0 Å². The fourth-order valence-electron chi connectivity index (χ4n) is 4.55. The number of aromatic nitrogens is 3. The normalized spacial score (nSPS) is 12.2. The van der Waals surface area contributed by atoms with Gasteiger partial charge in [0.15, 0.2) is 4.96 Å². The van der Waals surface area contributed by atoms with Crippen molar-refractivity contribution in [3.05, 3.63) is 118 Å². The molecule has 0 aliphatic heterocycles. The minimum Gasteiger partial charge on any atom is -0.491 e. The lowest BCUT2D eigenvalue weighted by molar-refractivity contribution is 0.298. The van der Waals surface area contributed by atoms with E-state index < -0.39 is 0 Å². The third kappa shape index (κ3) is 3.82. The van der Waals surface area contributed by atoms with Crippen molar-refractivity contribution in [1.29, 1.82) is 0 Å². The number of para-hydroxylation sites is 4. The highest BCUT2D eigenvalue weighted by Gasteiger charge is 2.12. The van der Waals surface area contributed by atoms with Gasteiger partial charge in [-0.15, -0.1) is 6.58 Å². The number of thiazole rings is 1. The van der Waals surface area contributed by atoms with Crippen LogP contribution in [0.15, 0.2) is 96.4 Å². The molecule has 0 amide bonds. The van der Waals surface area contributed by atoms with Gasteiger partial charge in [0.2, 0.25) is 0 Å². The summed E-state index contributed by atoms with van der Waals surface area (Å²) in [6.45, 7) is 5.07. The van der Waals surface area contributed by atoms with E-state index in [2.05, 4.69) is 40.5 Å². The van der Waals surface area contributed by atoms with Crippen LogP contribution in [0.25, 0.3) is 33.0 Å². The second kappa shape index (κ2) is 8.89. The average molecular weight is 478 g/mol. The van der Waals surface area contributed by atoms with E-state index >= 15 is 0 Å². The lowest BCUT2D eigenvalue weighted by Crippen LogP contribution is -2.22. The van der Waals surface area contributed by atoms with Crippen LogP contribution in [-0.2, 0) is 13.0 Å².